The Labute approximate surface area is 60.4 Å². The first kappa shape index (κ1) is 9.40. The molecule has 0 aliphatic rings. The molecule has 0 fully saturated rings. The summed E-state index contributed by atoms with van der Waals surface area (Å²) < 4.78 is 17.2. The Balaban J connectivity index is 3.29. The van der Waals surface area contributed by atoms with Gasteiger partial charge in [0.05, 0.1) is 6.61 Å². The Kier molecular flexibility index (Phi) is 3.33. The first-order chi connectivity index (χ1) is 4.42. The van der Waals surface area contributed by atoms with Crippen molar-refractivity contribution in [1.82, 2.24) is 0 Å². The van der Waals surface area contributed by atoms with Crippen LogP contribution in [0.25, 0.3) is 0 Å². The van der Waals surface area contributed by atoms with Crippen LogP contribution in [0, 0.1) is 0 Å². The van der Waals surface area contributed by atoms with Crippen LogP contribution in [0.1, 0.15) is 27.2 Å². The normalized spacial score (nSPS) is 11.2. The number of carbonyl (C=O) groups excluding carboxylic acids is 1. The lowest BCUT2D eigenvalue weighted by molar-refractivity contribution is -0.141. The summed E-state index contributed by atoms with van der Waals surface area (Å²) in [7, 11) is 0. The van der Waals surface area contributed by atoms with Crippen LogP contribution < -0.4 is 0 Å². The molecule has 0 rings (SSSR count). The van der Waals surface area contributed by atoms with Gasteiger partial charge in [-0.25, -0.2) is 4.39 Å². The molecule has 0 amide bonds. The lowest BCUT2D eigenvalue weighted by Gasteiger charge is -2.12. The van der Waals surface area contributed by atoms with Crippen molar-refractivity contribution in [2.45, 2.75) is 32.9 Å². The van der Waals surface area contributed by atoms with Gasteiger partial charge in [0.2, 0.25) is 0 Å². The third-order valence-electron chi connectivity index (χ3n) is 1.00. The number of hydrogen-bond donors (Lipinski definition) is 0. The largest absolute Gasteiger partial charge is 0.466 e. The van der Waals surface area contributed by atoms with Crippen LogP contribution in [0.4, 0.5) is 4.39 Å². The molecular weight excluding hydrogens is 135 g/mol. The fraction of sp³-hybridized carbons (Fsp3) is 0.857. The molecule has 2 nitrogen and oxygen atoms in total. The van der Waals surface area contributed by atoms with Crippen molar-refractivity contribution in [3.63, 3.8) is 0 Å². The average molecular weight is 148 g/mol. The van der Waals surface area contributed by atoms with Crippen LogP contribution in [0.2, 0.25) is 0 Å². The Bertz CT molecular complexity index is 115. The molecule has 60 valence electrons. The Hall–Kier alpha value is -0.600. The molecule has 0 saturated carbocycles. The molecule has 0 aliphatic heterocycles. The van der Waals surface area contributed by atoms with E-state index in [2.05, 4.69) is 4.74 Å². The fourth-order valence-corrected chi connectivity index (χ4v) is 0.437. The number of carbonyl (C=O) groups is 1. The second-order valence-corrected chi connectivity index (χ2v) is 2.81. The molecule has 0 atom stereocenters. The molecule has 0 N–H and O–H groups in total. The van der Waals surface area contributed by atoms with E-state index >= 15 is 0 Å². The van der Waals surface area contributed by atoms with Gasteiger partial charge in [-0.1, -0.05) is 0 Å². The molecule has 0 aromatic rings. The highest BCUT2D eigenvalue weighted by Gasteiger charge is 2.14. The van der Waals surface area contributed by atoms with E-state index in [9.17, 15) is 9.18 Å². The highest BCUT2D eigenvalue weighted by Crippen LogP contribution is 2.12. The number of rotatable bonds is 3. The van der Waals surface area contributed by atoms with Crippen LogP contribution in [0.3, 0.4) is 0 Å². The zero-order chi connectivity index (χ0) is 8.20. The molecule has 0 radical (unpaired) electrons. The predicted molar refractivity (Wildman–Crippen MR) is 36.4 cm³/mol. The minimum atomic E-state index is -1.24. The van der Waals surface area contributed by atoms with E-state index in [-0.39, 0.29) is 19.0 Å². The lowest BCUT2D eigenvalue weighted by atomic mass is 10.1. The second-order valence-electron chi connectivity index (χ2n) is 2.81. The van der Waals surface area contributed by atoms with Gasteiger partial charge < -0.3 is 4.74 Å². The molecule has 0 aromatic heterocycles. The SMILES string of the molecule is CC(=O)OCCC(C)(C)F. The molecule has 0 spiro atoms. The van der Waals surface area contributed by atoms with E-state index in [1.165, 1.54) is 20.8 Å². The second kappa shape index (κ2) is 3.54. The smallest absolute Gasteiger partial charge is 0.302 e. The van der Waals surface area contributed by atoms with Crippen molar-refractivity contribution >= 4 is 5.97 Å². The summed E-state index contributed by atoms with van der Waals surface area (Å²) in [4.78, 5) is 10.2. The van der Waals surface area contributed by atoms with Crippen LogP contribution in [0.5, 0.6) is 0 Å². The van der Waals surface area contributed by atoms with E-state index in [0.717, 1.165) is 0 Å². The first-order valence-corrected chi connectivity index (χ1v) is 3.24. The summed E-state index contributed by atoms with van der Waals surface area (Å²) in [6.07, 6.45) is 0.257. The lowest BCUT2D eigenvalue weighted by Crippen LogP contribution is -2.16. The molecule has 0 aliphatic carbocycles. The van der Waals surface area contributed by atoms with Gasteiger partial charge in [-0.15, -0.1) is 0 Å². The van der Waals surface area contributed by atoms with E-state index < -0.39 is 5.67 Å². The number of halogens is 1. The van der Waals surface area contributed by atoms with Crippen LogP contribution >= 0.6 is 0 Å². The minimum Gasteiger partial charge on any atom is -0.466 e. The summed E-state index contributed by atoms with van der Waals surface area (Å²) in [5, 5.41) is 0. The number of esters is 1. The van der Waals surface area contributed by atoms with Gasteiger partial charge in [-0.05, 0) is 13.8 Å². The van der Waals surface area contributed by atoms with E-state index in [1.54, 1.807) is 0 Å². The Morgan fingerprint density at radius 3 is 2.40 bits per heavy atom. The molecule has 10 heavy (non-hydrogen) atoms. The molecule has 0 unspecified atom stereocenters. The van der Waals surface area contributed by atoms with E-state index in [4.69, 9.17) is 0 Å². The number of alkyl halides is 1. The third kappa shape index (κ3) is 7.40. The first-order valence-electron chi connectivity index (χ1n) is 3.24. The summed E-state index contributed by atoms with van der Waals surface area (Å²) in [5.41, 5.74) is -1.24. The number of ether oxygens (including phenoxy) is 1. The van der Waals surface area contributed by atoms with Crippen molar-refractivity contribution in [3.8, 4) is 0 Å². The molecule has 0 saturated heterocycles. The van der Waals surface area contributed by atoms with Gasteiger partial charge >= 0.3 is 5.97 Å². The summed E-state index contributed by atoms with van der Waals surface area (Å²) in [6, 6.07) is 0. The number of hydrogen-bond acceptors (Lipinski definition) is 2. The van der Waals surface area contributed by atoms with Gasteiger partial charge in [0, 0.05) is 13.3 Å². The van der Waals surface area contributed by atoms with Gasteiger partial charge in [0.1, 0.15) is 5.67 Å². The standard InChI is InChI=1S/C7H13FO2/c1-6(9)10-5-4-7(2,3)8/h4-5H2,1-3H3. The van der Waals surface area contributed by atoms with E-state index in [1.807, 2.05) is 0 Å². The summed E-state index contributed by atoms with van der Waals surface area (Å²) in [6.45, 7) is 4.39. The minimum absolute atomic E-state index is 0.166. The van der Waals surface area contributed by atoms with Crippen LogP contribution in [-0.2, 0) is 9.53 Å². The van der Waals surface area contributed by atoms with Crippen molar-refractivity contribution in [1.29, 1.82) is 0 Å². The average Bonchev–Trinajstić information content (AvgIpc) is 1.59. The quantitative estimate of drug-likeness (QED) is 0.569. The Morgan fingerprint density at radius 2 is 2.10 bits per heavy atom. The monoisotopic (exact) mass is 148 g/mol. The summed E-state index contributed by atoms with van der Waals surface area (Å²) >= 11 is 0. The Morgan fingerprint density at radius 1 is 1.60 bits per heavy atom. The maximum atomic E-state index is 12.6. The maximum Gasteiger partial charge on any atom is 0.302 e. The molecule has 3 heteroatoms. The topological polar surface area (TPSA) is 26.3 Å². The molecular formula is C7H13FO2. The fourth-order valence-electron chi connectivity index (χ4n) is 0.437. The summed E-state index contributed by atoms with van der Waals surface area (Å²) in [5.74, 6) is -0.357. The van der Waals surface area contributed by atoms with Crippen molar-refractivity contribution < 1.29 is 13.9 Å². The van der Waals surface area contributed by atoms with E-state index in [0.29, 0.717) is 0 Å². The molecule has 0 bridgehead atoms. The molecule has 0 heterocycles. The van der Waals surface area contributed by atoms with Crippen molar-refractivity contribution in [3.05, 3.63) is 0 Å². The van der Waals surface area contributed by atoms with Crippen molar-refractivity contribution in [2.24, 2.45) is 0 Å². The predicted octanol–water partition coefficient (Wildman–Crippen LogP) is 1.69. The third-order valence-corrected chi connectivity index (χ3v) is 1.00. The van der Waals surface area contributed by atoms with Crippen LogP contribution in [-0.4, -0.2) is 18.2 Å². The maximum absolute atomic E-state index is 12.6. The zero-order valence-corrected chi connectivity index (χ0v) is 6.61. The highest BCUT2D eigenvalue weighted by molar-refractivity contribution is 5.65. The van der Waals surface area contributed by atoms with Gasteiger partial charge in [-0.3, -0.25) is 4.79 Å². The van der Waals surface area contributed by atoms with Crippen molar-refractivity contribution in [2.75, 3.05) is 6.61 Å². The van der Waals surface area contributed by atoms with Crippen LogP contribution in [0.15, 0.2) is 0 Å². The molecule has 0 aromatic carbocycles. The highest BCUT2D eigenvalue weighted by atomic mass is 19.1. The zero-order valence-electron chi connectivity index (χ0n) is 6.61. The van der Waals surface area contributed by atoms with Gasteiger partial charge in [-0.2, -0.15) is 0 Å². The van der Waals surface area contributed by atoms with Gasteiger partial charge in [0.15, 0.2) is 0 Å². The van der Waals surface area contributed by atoms with Gasteiger partial charge in [0.25, 0.3) is 0 Å².